The molecule has 0 heterocycles. The van der Waals surface area contributed by atoms with Crippen LogP contribution in [0, 0.1) is 6.92 Å². The van der Waals surface area contributed by atoms with Gasteiger partial charge in [-0.2, -0.15) is 0 Å². The predicted octanol–water partition coefficient (Wildman–Crippen LogP) is 2.05. The Balaban J connectivity index is 2.78. The molecule has 0 radical (unpaired) electrons. The van der Waals surface area contributed by atoms with E-state index in [1.165, 1.54) is 0 Å². The van der Waals surface area contributed by atoms with E-state index in [2.05, 4.69) is 4.89 Å². The van der Waals surface area contributed by atoms with Gasteiger partial charge in [-0.3, -0.25) is 14.6 Å². The fraction of sp³-hybridized carbons (Fsp3) is 0.273. The summed E-state index contributed by atoms with van der Waals surface area (Å²) >= 11 is 0. The summed E-state index contributed by atoms with van der Waals surface area (Å²) in [5.74, 6) is -0.222. The number of carbonyl (C=O) groups excluding carboxylic acids is 2. The Kier molecular flexibility index (Phi) is 3.85. The van der Waals surface area contributed by atoms with Crippen molar-refractivity contribution >= 4 is 12.3 Å². The molecule has 80 valence electrons. The summed E-state index contributed by atoms with van der Waals surface area (Å²) in [5, 5.41) is 0. The first kappa shape index (κ1) is 11.2. The van der Waals surface area contributed by atoms with E-state index in [1.807, 2.05) is 6.92 Å². The lowest BCUT2D eigenvalue weighted by atomic mass is 10.1. The normalized spacial score (nSPS) is 9.47. The smallest absolute Gasteiger partial charge is 0.298 e. The summed E-state index contributed by atoms with van der Waals surface area (Å²) < 4.78 is 0. The monoisotopic (exact) mass is 208 g/mol. The van der Waals surface area contributed by atoms with Crippen LogP contribution >= 0.6 is 0 Å². The molecule has 15 heavy (non-hydrogen) atoms. The molecule has 0 aliphatic carbocycles. The van der Waals surface area contributed by atoms with Crippen LogP contribution in [-0.4, -0.2) is 12.3 Å². The summed E-state index contributed by atoms with van der Waals surface area (Å²) in [6.07, 6.45) is 0.872. The molecule has 0 fully saturated rings. The topological polar surface area (TPSA) is 52.6 Å². The Morgan fingerprint density at radius 2 is 2.20 bits per heavy atom. The molecule has 1 aromatic rings. The van der Waals surface area contributed by atoms with E-state index in [4.69, 9.17) is 4.89 Å². The second-order valence-corrected chi connectivity index (χ2v) is 3.05. The first-order chi connectivity index (χ1) is 7.17. The van der Waals surface area contributed by atoms with Crippen LogP contribution in [0.3, 0.4) is 0 Å². The molecule has 0 aromatic heterocycles. The van der Waals surface area contributed by atoms with Gasteiger partial charge in [0.2, 0.25) is 0 Å². The maximum atomic E-state index is 10.8. The molecule has 4 heteroatoms. The molecule has 0 saturated heterocycles. The van der Waals surface area contributed by atoms with Crippen molar-refractivity contribution < 1.29 is 19.4 Å². The molecule has 1 rings (SSSR count). The molecule has 1 aromatic carbocycles. The van der Waals surface area contributed by atoms with Crippen molar-refractivity contribution in [2.24, 2.45) is 0 Å². The maximum Gasteiger partial charge on any atom is 0.355 e. The molecular weight excluding hydrogens is 196 g/mol. The average Bonchev–Trinajstić information content (AvgIpc) is 2.26. The first-order valence-corrected chi connectivity index (χ1v) is 4.60. The second kappa shape index (κ2) is 5.14. The van der Waals surface area contributed by atoms with Gasteiger partial charge in [0, 0.05) is 6.42 Å². The fourth-order valence-corrected chi connectivity index (χ4v) is 0.961. The van der Waals surface area contributed by atoms with E-state index in [1.54, 1.807) is 25.1 Å². The molecule has 0 atom stereocenters. The zero-order valence-corrected chi connectivity index (χ0v) is 8.65. The Morgan fingerprint density at radius 1 is 1.47 bits per heavy atom. The van der Waals surface area contributed by atoms with Crippen molar-refractivity contribution in [2.45, 2.75) is 20.3 Å². The van der Waals surface area contributed by atoms with E-state index < -0.39 is 5.97 Å². The van der Waals surface area contributed by atoms with Gasteiger partial charge in [0.1, 0.15) is 0 Å². The highest BCUT2D eigenvalue weighted by molar-refractivity contribution is 5.79. The Labute approximate surface area is 87.7 Å². The van der Waals surface area contributed by atoms with Gasteiger partial charge in [0.15, 0.2) is 12.0 Å². The van der Waals surface area contributed by atoms with Crippen LogP contribution in [0.1, 0.15) is 29.3 Å². The summed E-state index contributed by atoms with van der Waals surface area (Å²) in [6, 6.07) is 5.02. The largest absolute Gasteiger partial charge is 0.355 e. The molecule has 0 spiro atoms. The number of carbonyl (C=O) groups is 2. The van der Waals surface area contributed by atoms with Crippen LogP contribution in [0.5, 0.6) is 5.75 Å². The van der Waals surface area contributed by atoms with E-state index in [9.17, 15) is 9.59 Å². The second-order valence-electron chi connectivity index (χ2n) is 3.05. The van der Waals surface area contributed by atoms with Gasteiger partial charge in [-0.25, -0.2) is 4.79 Å². The van der Waals surface area contributed by atoms with Crippen LogP contribution in [0.15, 0.2) is 18.2 Å². The van der Waals surface area contributed by atoms with Gasteiger partial charge >= 0.3 is 5.97 Å². The number of hydrogen-bond acceptors (Lipinski definition) is 4. The molecule has 4 nitrogen and oxygen atoms in total. The lowest BCUT2D eigenvalue weighted by Crippen LogP contribution is -2.07. The lowest BCUT2D eigenvalue weighted by Gasteiger charge is -2.06. The van der Waals surface area contributed by atoms with E-state index in [0.717, 1.165) is 5.56 Å². The zero-order valence-electron chi connectivity index (χ0n) is 8.65. The third-order valence-corrected chi connectivity index (χ3v) is 1.81. The van der Waals surface area contributed by atoms with Gasteiger partial charge in [-0.05, 0) is 24.6 Å². The maximum absolute atomic E-state index is 10.8. The van der Waals surface area contributed by atoms with Crippen molar-refractivity contribution in [3.05, 3.63) is 29.3 Å². The summed E-state index contributed by atoms with van der Waals surface area (Å²) in [5.41, 5.74) is 1.27. The third-order valence-electron chi connectivity index (χ3n) is 1.81. The van der Waals surface area contributed by atoms with Crippen LogP contribution < -0.4 is 4.89 Å². The number of aryl methyl sites for hydroxylation is 1. The van der Waals surface area contributed by atoms with Gasteiger partial charge in [-0.1, -0.05) is 13.0 Å². The highest BCUT2D eigenvalue weighted by atomic mass is 17.2. The molecule has 0 bridgehead atoms. The standard InChI is InChI=1S/C11H12O4/c1-3-11(13)15-14-10-6-8(2)4-5-9(10)7-12/h4-7H,3H2,1-2H3. The van der Waals surface area contributed by atoms with Gasteiger partial charge < -0.3 is 0 Å². The molecule has 0 unspecified atom stereocenters. The molecule has 0 N–H and O–H groups in total. The third kappa shape index (κ3) is 3.09. The Bertz CT molecular complexity index is 371. The van der Waals surface area contributed by atoms with Crippen molar-refractivity contribution in [3.63, 3.8) is 0 Å². The van der Waals surface area contributed by atoms with Crippen LogP contribution in [0.25, 0.3) is 0 Å². The van der Waals surface area contributed by atoms with Gasteiger partial charge in [-0.15, -0.1) is 0 Å². The minimum Gasteiger partial charge on any atom is -0.298 e. The van der Waals surface area contributed by atoms with Crippen molar-refractivity contribution in [2.75, 3.05) is 0 Å². The Hall–Kier alpha value is -1.84. The zero-order chi connectivity index (χ0) is 11.3. The minimum absolute atomic E-state index is 0.224. The van der Waals surface area contributed by atoms with Crippen LogP contribution in [0.2, 0.25) is 0 Å². The number of aldehydes is 1. The minimum atomic E-state index is -0.478. The highest BCUT2D eigenvalue weighted by Crippen LogP contribution is 2.18. The number of hydrogen-bond donors (Lipinski definition) is 0. The quantitative estimate of drug-likeness (QED) is 0.431. The average molecular weight is 208 g/mol. The SMILES string of the molecule is CCC(=O)OOc1cc(C)ccc1C=O. The van der Waals surface area contributed by atoms with Crippen molar-refractivity contribution in [3.8, 4) is 5.75 Å². The highest BCUT2D eigenvalue weighted by Gasteiger charge is 2.07. The summed E-state index contributed by atoms with van der Waals surface area (Å²) in [7, 11) is 0. The molecule has 0 aliphatic heterocycles. The number of benzene rings is 1. The van der Waals surface area contributed by atoms with E-state index in [-0.39, 0.29) is 12.2 Å². The van der Waals surface area contributed by atoms with E-state index in [0.29, 0.717) is 11.8 Å². The lowest BCUT2D eigenvalue weighted by molar-refractivity contribution is -0.213. The molecule has 0 saturated carbocycles. The van der Waals surface area contributed by atoms with Crippen molar-refractivity contribution in [1.29, 1.82) is 0 Å². The van der Waals surface area contributed by atoms with Crippen molar-refractivity contribution in [1.82, 2.24) is 0 Å². The van der Waals surface area contributed by atoms with Crippen LogP contribution in [-0.2, 0) is 9.68 Å². The fourth-order valence-electron chi connectivity index (χ4n) is 0.961. The molecular formula is C11H12O4. The van der Waals surface area contributed by atoms with Gasteiger partial charge in [0.25, 0.3) is 0 Å². The summed E-state index contributed by atoms with van der Waals surface area (Å²) in [4.78, 5) is 30.7. The van der Waals surface area contributed by atoms with Gasteiger partial charge in [0.05, 0.1) is 5.56 Å². The van der Waals surface area contributed by atoms with E-state index >= 15 is 0 Å². The Morgan fingerprint density at radius 3 is 2.80 bits per heavy atom. The summed E-state index contributed by atoms with van der Waals surface area (Å²) in [6.45, 7) is 3.51. The first-order valence-electron chi connectivity index (χ1n) is 4.60. The number of rotatable bonds is 4. The van der Waals surface area contributed by atoms with Crippen LogP contribution in [0.4, 0.5) is 0 Å². The molecule has 0 amide bonds. The predicted molar refractivity (Wildman–Crippen MR) is 53.6 cm³/mol. The molecule has 0 aliphatic rings.